The Labute approximate surface area is 403 Å². The zero-order valence-corrected chi connectivity index (χ0v) is 41.6. The molecule has 0 amide bonds. The minimum atomic E-state index is -1.82. The molecule has 16 heteroatoms. The van der Waals surface area contributed by atoms with E-state index >= 15 is 0 Å². The van der Waals surface area contributed by atoms with Crippen LogP contribution in [0.2, 0.25) is 0 Å². The van der Waals surface area contributed by atoms with Crippen LogP contribution in [0.1, 0.15) is 139 Å². The van der Waals surface area contributed by atoms with E-state index in [1.807, 2.05) is 12.4 Å². The van der Waals surface area contributed by atoms with Crippen LogP contribution < -0.4 is 10.6 Å². The van der Waals surface area contributed by atoms with E-state index < -0.39 is 11.9 Å². The second-order valence-electron chi connectivity index (χ2n) is 20.3. The van der Waals surface area contributed by atoms with Crippen molar-refractivity contribution in [3.8, 4) is 11.5 Å². The summed E-state index contributed by atoms with van der Waals surface area (Å²) in [7, 11) is 0. The Bertz CT molecular complexity index is 1950. The van der Waals surface area contributed by atoms with Crippen LogP contribution in [0.3, 0.4) is 0 Å². The van der Waals surface area contributed by atoms with Crippen molar-refractivity contribution in [1.29, 1.82) is 0 Å². The van der Waals surface area contributed by atoms with Gasteiger partial charge in [0.15, 0.2) is 0 Å². The maximum Gasteiger partial charge on any atom is 0.414 e. The number of aliphatic carboxylic acids is 2. The summed E-state index contributed by atoms with van der Waals surface area (Å²) < 4.78 is 5.01. The molecular weight excluding hydrogens is 877 g/mol. The molecule has 7 rings (SSSR count). The molecule has 0 saturated heterocycles. The Morgan fingerprint density at radius 1 is 0.652 bits per heavy atom. The molecule has 1 fully saturated rings. The van der Waals surface area contributed by atoms with Gasteiger partial charge in [0.2, 0.25) is 0 Å². The molecule has 1 aliphatic carbocycles. The summed E-state index contributed by atoms with van der Waals surface area (Å²) in [6.45, 7) is 24.3. The van der Waals surface area contributed by atoms with Gasteiger partial charge in [0, 0.05) is 66.6 Å². The number of aromatic hydroxyl groups is 2. The van der Waals surface area contributed by atoms with Gasteiger partial charge in [0.1, 0.15) is 11.5 Å². The van der Waals surface area contributed by atoms with Gasteiger partial charge in [-0.2, -0.15) is 0 Å². The Kier molecular flexibility index (Phi) is 19.9. The Hall–Kier alpha value is -4.65. The third kappa shape index (κ3) is 14.4. The van der Waals surface area contributed by atoms with Gasteiger partial charge in [-0.3, -0.25) is 39.6 Å². The first-order chi connectivity index (χ1) is 30.5. The summed E-state index contributed by atoms with van der Waals surface area (Å²) in [6, 6.07) is 8.75. The fourth-order valence-corrected chi connectivity index (χ4v) is 9.58. The third-order valence-electron chi connectivity index (χ3n) is 13.3. The van der Waals surface area contributed by atoms with E-state index in [0.29, 0.717) is 11.5 Å². The molecule has 2 atom stereocenters. The molecule has 4 aliphatic heterocycles. The summed E-state index contributed by atoms with van der Waals surface area (Å²) in [6.07, 6.45) is 16.4. The molecular formula is C50H78CrN8O7+2. The number of hydrogen-bond donors (Lipinski definition) is 6. The van der Waals surface area contributed by atoms with E-state index in [9.17, 15) is 10.2 Å². The molecule has 0 bridgehead atoms. The number of guanidine groups is 2. The standard InChI is InChI=1S/C48H72N8O2.C2H2O4.Cr.H2O/c1-47(2,3)39-29-35(15-9-21-53-25-13-27-55-23-11-19-49-45(53)55)43(57)37(31-39)33-51-41-17-7-8-18-42(41)52-34-38-32-40(48(4,5)6)30-36(44(38)58)16-10-22-54-26-14-28-56-24-12-20-50-46(54)56;3-1(4)2(5)6;;/h29-34,41-42H,7-28H2,1-6H3,(H2,51,52,57,58);(H,3,4)(H,5,6);;1H2/p+2. The molecule has 2 aromatic rings. The summed E-state index contributed by atoms with van der Waals surface area (Å²) in [5.74, 6) is -0.324. The number of carbonyl (C=O) groups is 2. The number of nitrogens with zero attached hydrogens (tertiary/aromatic N) is 6. The normalized spacial score (nSPS) is 20.0. The van der Waals surface area contributed by atoms with E-state index in [1.165, 1.54) is 48.7 Å². The quantitative estimate of drug-likeness (QED) is 0.0967. The second-order valence-corrected chi connectivity index (χ2v) is 20.3. The van der Waals surface area contributed by atoms with Crippen LogP contribution in [0.25, 0.3) is 0 Å². The van der Waals surface area contributed by atoms with E-state index in [4.69, 9.17) is 29.8 Å². The number of benzene rings is 2. The van der Waals surface area contributed by atoms with Crippen LogP contribution in [-0.4, -0.2) is 159 Å². The van der Waals surface area contributed by atoms with E-state index in [0.717, 1.165) is 139 Å². The number of carboxylic acid groups (broad SMARTS) is 2. The van der Waals surface area contributed by atoms with Gasteiger partial charge in [-0.15, -0.1) is 0 Å². The van der Waals surface area contributed by atoms with Gasteiger partial charge in [-0.05, 0) is 83.7 Å². The topological polar surface area (TPSA) is 208 Å². The van der Waals surface area contributed by atoms with Crippen LogP contribution in [-0.2, 0) is 50.6 Å². The number of carboxylic acids is 2. The van der Waals surface area contributed by atoms with E-state index in [2.05, 4.69) is 95.4 Å². The van der Waals surface area contributed by atoms with Gasteiger partial charge < -0.3 is 25.9 Å². The van der Waals surface area contributed by atoms with E-state index in [-0.39, 0.29) is 45.8 Å². The minimum Gasteiger partial charge on any atom is -0.507 e. The SMILES string of the molecule is CC(C)(C)c1cc(C=NC2CCCCC2N=Cc2cc(C(C)(C)C)cc(CCCN3CCC[N+]4=C3NCCC4)c2O)c(O)c(CCCN2CCC[N+]3=C2NCCC3)c1.O.O=C(O)C(=O)O.[Cr]. The maximum absolute atomic E-state index is 11.7. The average molecular weight is 955 g/mol. The summed E-state index contributed by atoms with van der Waals surface area (Å²) in [5.41, 5.74) is 5.96. The number of nitrogens with one attached hydrogen (secondary N) is 2. The van der Waals surface area contributed by atoms with Crippen molar-refractivity contribution in [2.75, 3.05) is 65.4 Å². The first-order valence-corrected chi connectivity index (χ1v) is 24.0. The monoisotopic (exact) mass is 955 g/mol. The molecule has 8 N–H and O–H groups in total. The Balaban J connectivity index is 0.00000112. The molecule has 66 heavy (non-hydrogen) atoms. The molecule has 1 saturated carbocycles. The third-order valence-corrected chi connectivity index (χ3v) is 13.3. The van der Waals surface area contributed by atoms with Crippen LogP contribution in [0.5, 0.6) is 11.5 Å². The molecule has 0 spiro atoms. The summed E-state index contributed by atoms with van der Waals surface area (Å²) in [4.78, 5) is 33.6. The van der Waals surface area contributed by atoms with Crippen LogP contribution >= 0.6 is 0 Å². The van der Waals surface area contributed by atoms with Crippen molar-refractivity contribution in [1.82, 2.24) is 20.4 Å². The predicted molar refractivity (Wildman–Crippen MR) is 258 cm³/mol. The molecule has 15 nitrogen and oxygen atoms in total. The van der Waals surface area contributed by atoms with Crippen molar-refractivity contribution < 1.29 is 62.0 Å². The second kappa shape index (κ2) is 24.4. The number of phenols is 2. The molecule has 0 aromatic heterocycles. The fraction of sp³-hybridized carbons (Fsp3) is 0.640. The van der Waals surface area contributed by atoms with Crippen LogP contribution in [0.15, 0.2) is 34.3 Å². The maximum atomic E-state index is 11.7. The van der Waals surface area contributed by atoms with Gasteiger partial charge >= 0.3 is 23.9 Å². The van der Waals surface area contributed by atoms with Crippen molar-refractivity contribution >= 4 is 36.3 Å². The molecule has 4 heterocycles. The van der Waals surface area contributed by atoms with Crippen molar-refractivity contribution in [2.45, 2.75) is 142 Å². The first-order valence-electron chi connectivity index (χ1n) is 24.0. The van der Waals surface area contributed by atoms with Crippen LogP contribution in [0, 0.1) is 0 Å². The van der Waals surface area contributed by atoms with Gasteiger partial charge in [-0.1, -0.05) is 66.5 Å². The van der Waals surface area contributed by atoms with Crippen molar-refractivity contribution in [2.24, 2.45) is 9.98 Å². The van der Waals surface area contributed by atoms with E-state index in [1.54, 1.807) is 0 Å². The Morgan fingerprint density at radius 2 is 1.03 bits per heavy atom. The zero-order chi connectivity index (χ0) is 46.0. The molecule has 2 aromatic carbocycles. The first kappa shape index (κ1) is 54.0. The zero-order valence-electron chi connectivity index (χ0n) is 40.4. The average Bonchev–Trinajstić information content (AvgIpc) is 3.26. The number of hydrogen-bond acceptors (Lipinski definition) is 10. The fourth-order valence-electron chi connectivity index (χ4n) is 9.58. The largest absolute Gasteiger partial charge is 0.507 e. The van der Waals surface area contributed by atoms with Gasteiger partial charge in [0.05, 0.1) is 77.5 Å². The number of aliphatic imine (C=N–C) groups is 2. The smallest absolute Gasteiger partial charge is 0.414 e. The summed E-state index contributed by atoms with van der Waals surface area (Å²) in [5, 5.41) is 45.5. The van der Waals surface area contributed by atoms with Crippen molar-refractivity contribution in [3.05, 3.63) is 57.6 Å². The molecule has 5 aliphatic rings. The molecule has 364 valence electrons. The predicted octanol–water partition coefficient (Wildman–Crippen LogP) is 4.87. The number of phenolic OH excluding ortho intramolecular Hbond substituents is 2. The van der Waals surface area contributed by atoms with Crippen molar-refractivity contribution in [3.63, 3.8) is 0 Å². The van der Waals surface area contributed by atoms with Gasteiger partial charge in [-0.25, -0.2) is 9.59 Å². The summed E-state index contributed by atoms with van der Waals surface area (Å²) >= 11 is 0. The Morgan fingerprint density at radius 3 is 1.39 bits per heavy atom. The number of aryl methyl sites for hydroxylation is 2. The van der Waals surface area contributed by atoms with Crippen LogP contribution in [0.4, 0.5) is 0 Å². The van der Waals surface area contributed by atoms with Gasteiger partial charge in [0.25, 0.3) is 0 Å². The number of rotatable bonds is 12. The minimum absolute atomic E-state index is 0. The molecule has 2 unspecified atom stereocenters. The molecule has 0 radical (unpaired) electrons.